The summed E-state index contributed by atoms with van der Waals surface area (Å²) in [6, 6.07) is 7.56. The Bertz CT molecular complexity index is 499. The Labute approximate surface area is 125 Å². The second kappa shape index (κ2) is 7.84. The molecule has 2 atom stereocenters. The summed E-state index contributed by atoms with van der Waals surface area (Å²) in [6.45, 7) is 0.868. The maximum atomic E-state index is 11.8. The van der Waals surface area contributed by atoms with Crippen molar-refractivity contribution in [3.63, 3.8) is 0 Å². The molecule has 1 saturated carbocycles. The number of aliphatic hydroxyl groups is 1. The minimum Gasteiger partial charge on any atom is -0.497 e. The maximum absolute atomic E-state index is 11.8. The third-order valence-corrected chi connectivity index (χ3v) is 4.11. The van der Waals surface area contributed by atoms with Crippen molar-refractivity contribution in [2.75, 3.05) is 20.3 Å². The molecule has 4 nitrogen and oxygen atoms in total. The Hall–Kier alpha value is -1.81. The maximum Gasteiger partial charge on any atom is 0.244 e. The molecule has 0 radical (unpaired) electrons. The van der Waals surface area contributed by atoms with E-state index in [0.29, 0.717) is 18.4 Å². The van der Waals surface area contributed by atoms with Gasteiger partial charge in [0.15, 0.2) is 0 Å². The van der Waals surface area contributed by atoms with Crippen molar-refractivity contribution in [1.82, 2.24) is 5.32 Å². The molecular weight excluding hydrogens is 266 g/mol. The van der Waals surface area contributed by atoms with Gasteiger partial charge >= 0.3 is 0 Å². The van der Waals surface area contributed by atoms with E-state index in [0.717, 1.165) is 30.6 Å². The van der Waals surface area contributed by atoms with Gasteiger partial charge in [-0.15, -0.1) is 0 Å². The molecule has 2 N–H and O–H groups in total. The van der Waals surface area contributed by atoms with Crippen LogP contribution in [0.15, 0.2) is 30.3 Å². The second-order valence-electron chi connectivity index (χ2n) is 5.49. The molecule has 2 unspecified atom stereocenters. The van der Waals surface area contributed by atoms with Gasteiger partial charge in [0, 0.05) is 19.2 Å². The van der Waals surface area contributed by atoms with Crippen molar-refractivity contribution in [2.45, 2.75) is 19.3 Å². The Morgan fingerprint density at radius 2 is 2.24 bits per heavy atom. The predicted octanol–water partition coefficient (Wildman–Crippen LogP) is 2.23. The summed E-state index contributed by atoms with van der Waals surface area (Å²) in [5.41, 5.74) is 0.929. The molecule has 1 aromatic rings. The Morgan fingerprint density at radius 3 is 3.00 bits per heavy atom. The van der Waals surface area contributed by atoms with E-state index in [4.69, 9.17) is 4.74 Å². The van der Waals surface area contributed by atoms with Gasteiger partial charge in [0.05, 0.1) is 7.11 Å². The zero-order valence-corrected chi connectivity index (χ0v) is 12.4. The number of nitrogens with one attached hydrogen (secondary N) is 1. The van der Waals surface area contributed by atoms with E-state index in [2.05, 4.69) is 5.32 Å². The summed E-state index contributed by atoms with van der Waals surface area (Å²) in [4.78, 5) is 11.8. The van der Waals surface area contributed by atoms with Crippen molar-refractivity contribution in [3.8, 4) is 5.75 Å². The van der Waals surface area contributed by atoms with Crippen molar-refractivity contribution in [3.05, 3.63) is 35.9 Å². The van der Waals surface area contributed by atoms with E-state index in [-0.39, 0.29) is 12.5 Å². The molecule has 21 heavy (non-hydrogen) atoms. The van der Waals surface area contributed by atoms with Crippen LogP contribution < -0.4 is 10.1 Å². The zero-order chi connectivity index (χ0) is 15.1. The number of hydrogen-bond donors (Lipinski definition) is 2. The quantitative estimate of drug-likeness (QED) is 0.790. The number of carbonyl (C=O) groups is 1. The summed E-state index contributed by atoms with van der Waals surface area (Å²) in [6.07, 6.45) is 6.61. The van der Waals surface area contributed by atoms with Gasteiger partial charge in [-0.3, -0.25) is 4.79 Å². The lowest BCUT2D eigenvalue weighted by Gasteiger charge is -2.17. The number of carbonyl (C=O) groups excluding carboxylic acids is 1. The third-order valence-electron chi connectivity index (χ3n) is 4.11. The van der Waals surface area contributed by atoms with Crippen LogP contribution in [0.4, 0.5) is 0 Å². The fraction of sp³-hybridized carbons (Fsp3) is 0.471. The van der Waals surface area contributed by atoms with Crippen molar-refractivity contribution < 1.29 is 14.6 Å². The average molecular weight is 289 g/mol. The second-order valence-corrected chi connectivity index (χ2v) is 5.49. The minimum atomic E-state index is -0.0959. The summed E-state index contributed by atoms with van der Waals surface area (Å²) in [7, 11) is 1.62. The lowest BCUT2D eigenvalue weighted by Crippen LogP contribution is -2.30. The molecule has 0 bridgehead atoms. The van der Waals surface area contributed by atoms with Crippen molar-refractivity contribution in [2.24, 2.45) is 11.8 Å². The van der Waals surface area contributed by atoms with Crippen molar-refractivity contribution in [1.29, 1.82) is 0 Å². The Morgan fingerprint density at radius 1 is 1.43 bits per heavy atom. The smallest absolute Gasteiger partial charge is 0.244 e. The van der Waals surface area contributed by atoms with Crippen LogP contribution in [0.5, 0.6) is 5.75 Å². The van der Waals surface area contributed by atoms with Crippen LogP contribution in [0.25, 0.3) is 6.08 Å². The molecule has 4 heteroatoms. The first kappa shape index (κ1) is 15.6. The van der Waals surface area contributed by atoms with Crippen LogP contribution in [0.2, 0.25) is 0 Å². The van der Waals surface area contributed by atoms with Crippen LogP contribution in [0.1, 0.15) is 24.8 Å². The highest BCUT2D eigenvalue weighted by Crippen LogP contribution is 2.30. The number of benzene rings is 1. The van der Waals surface area contributed by atoms with Crippen LogP contribution in [-0.2, 0) is 4.79 Å². The van der Waals surface area contributed by atoms with E-state index in [1.54, 1.807) is 13.2 Å². The molecule has 1 aromatic carbocycles. The summed E-state index contributed by atoms with van der Waals surface area (Å²) in [5, 5.41) is 12.2. The van der Waals surface area contributed by atoms with E-state index in [1.807, 2.05) is 24.3 Å². The molecule has 114 valence electrons. The topological polar surface area (TPSA) is 58.6 Å². The summed E-state index contributed by atoms with van der Waals surface area (Å²) >= 11 is 0. The molecule has 0 aliphatic heterocycles. The molecule has 1 aliphatic rings. The highest BCUT2D eigenvalue weighted by atomic mass is 16.5. The Kier molecular flexibility index (Phi) is 5.81. The highest BCUT2D eigenvalue weighted by molar-refractivity contribution is 5.91. The monoisotopic (exact) mass is 289 g/mol. The van der Waals surface area contributed by atoms with Crippen LogP contribution in [0, 0.1) is 11.8 Å². The molecular formula is C17H23NO3. The highest BCUT2D eigenvalue weighted by Gasteiger charge is 2.26. The number of hydrogen-bond acceptors (Lipinski definition) is 3. The molecule has 0 saturated heterocycles. The lowest BCUT2D eigenvalue weighted by molar-refractivity contribution is -0.116. The zero-order valence-electron chi connectivity index (χ0n) is 12.4. The largest absolute Gasteiger partial charge is 0.497 e. The minimum absolute atomic E-state index is 0.0959. The Balaban J connectivity index is 1.82. The van der Waals surface area contributed by atoms with Gasteiger partial charge in [-0.2, -0.15) is 0 Å². The number of methoxy groups -OCH3 is 1. The van der Waals surface area contributed by atoms with Gasteiger partial charge in [-0.05, 0) is 48.4 Å². The third kappa shape index (κ3) is 4.60. The number of ether oxygens (including phenoxy) is 1. The average Bonchev–Trinajstić information content (AvgIpc) is 2.98. The lowest BCUT2D eigenvalue weighted by atomic mass is 9.97. The normalized spacial score (nSPS) is 21.6. The van der Waals surface area contributed by atoms with E-state index < -0.39 is 0 Å². The van der Waals surface area contributed by atoms with Gasteiger partial charge in [0.2, 0.25) is 5.91 Å². The standard InChI is InChI=1S/C17H23NO3/c1-21-16-7-2-4-13(10-16)8-9-17(20)18-11-14-5-3-6-15(14)12-19/h2,4,7-10,14-15,19H,3,5-6,11-12H2,1H3,(H,18,20). The fourth-order valence-electron chi connectivity index (χ4n) is 2.83. The van der Waals surface area contributed by atoms with Gasteiger partial charge < -0.3 is 15.2 Å². The first-order chi connectivity index (χ1) is 10.2. The fourth-order valence-corrected chi connectivity index (χ4v) is 2.83. The van der Waals surface area contributed by atoms with E-state index in [9.17, 15) is 9.90 Å². The first-order valence-electron chi connectivity index (χ1n) is 7.43. The van der Waals surface area contributed by atoms with E-state index >= 15 is 0 Å². The van der Waals surface area contributed by atoms with Gasteiger partial charge in [-0.25, -0.2) is 0 Å². The number of amides is 1. The van der Waals surface area contributed by atoms with Crippen LogP contribution in [-0.4, -0.2) is 31.3 Å². The molecule has 0 aromatic heterocycles. The van der Waals surface area contributed by atoms with Crippen LogP contribution in [0.3, 0.4) is 0 Å². The van der Waals surface area contributed by atoms with Gasteiger partial charge in [0.25, 0.3) is 0 Å². The summed E-state index contributed by atoms with van der Waals surface area (Å²) < 4.78 is 5.14. The predicted molar refractivity (Wildman–Crippen MR) is 83.0 cm³/mol. The SMILES string of the molecule is COc1cccc(C=CC(=O)NCC2CCCC2CO)c1. The summed E-state index contributed by atoms with van der Waals surface area (Å²) in [5.74, 6) is 1.42. The number of rotatable bonds is 6. The van der Waals surface area contributed by atoms with Gasteiger partial charge in [0.1, 0.15) is 5.75 Å². The molecule has 0 heterocycles. The van der Waals surface area contributed by atoms with E-state index in [1.165, 1.54) is 6.08 Å². The molecule has 1 aliphatic carbocycles. The number of aliphatic hydroxyl groups excluding tert-OH is 1. The van der Waals surface area contributed by atoms with Crippen LogP contribution >= 0.6 is 0 Å². The molecule has 1 amide bonds. The van der Waals surface area contributed by atoms with Gasteiger partial charge in [-0.1, -0.05) is 18.6 Å². The van der Waals surface area contributed by atoms with Crippen molar-refractivity contribution >= 4 is 12.0 Å². The molecule has 1 fully saturated rings. The molecule has 0 spiro atoms. The first-order valence-corrected chi connectivity index (χ1v) is 7.43. The molecule has 2 rings (SSSR count).